The second-order valence-electron chi connectivity index (χ2n) is 14.3. The van der Waals surface area contributed by atoms with Crippen molar-refractivity contribution < 1.29 is 47.6 Å². The molecule has 234 valence electrons. The second-order valence-corrected chi connectivity index (χ2v) is 14.3. The number of aliphatic hydroxyl groups is 1. The maximum absolute atomic E-state index is 14.8. The molecular formula is C33H37NO10. The van der Waals surface area contributed by atoms with Crippen molar-refractivity contribution >= 4 is 23.7 Å². The van der Waals surface area contributed by atoms with Crippen LogP contribution in [0.4, 0.5) is 0 Å². The van der Waals surface area contributed by atoms with Crippen molar-refractivity contribution in [2.75, 3.05) is 7.11 Å². The first-order valence-corrected chi connectivity index (χ1v) is 15.1. The van der Waals surface area contributed by atoms with Gasteiger partial charge in [0.2, 0.25) is 0 Å². The summed E-state index contributed by atoms with van der Waals surface area (Å²) in [6.45, 7) is 7.48. The summed E-state index contributed by atoms with van der Waals surface area (Å²) >= 11 is 0. The highest BCUT2D eigenvalue weighted by Gasteiger charge is 2.90. The first kappa shape index (κ1) is 29.2. The van der Waals surface area contributed by atoms with Gasteiger partial charge in [0, 0.05) is 52.5 Å². The molecule has 3 saturated carbocycles. The van der Waals surface area contributed by atoms with Crippen LogP contribution in [0.25, 0.3) is 0 Å². The molecule has 2 aliphatic heterocycles. The van der Waals surface area contributed by atoms with E-state index in [0.717, 1.165) is 5.56 Å². The molecule has 0 unspecified atom stereocenters. The van der Waals surface area contributed by atoms with Gasteiger partial charge in [-0.25, -0.2) is 4.79 Å². The molecule has 0 aromatic carbocycles. The molecule has 2 aromatic heterocycles. The van der Waals surface area contributed by atoms with Crippen LogP contribution in [0.1, 0.15) is 75.4 Å². The topological polar surface area (TPSA) is 155 Å². The third-order valence-electron chi connectivity index (χ3n) is 12.0. The summed E-state index contributed by atoms with van der Waals surface area (Å²) in [6, 6.07) is 4.90. The molecular weight excluding hydrogens is 570 g/mol. The van der Waals surface area contributed by atoms with Crippen LogP contribution >= 0.6 is 0 Å². The SMILES string of the molecule is COC(=O)C[C@H]1C(C)(C)[C@H](OC(=O)c2cccnc2)[C@@]2(O)C(=O)[C@]1(C)[C@H]1CC[C@]3(C)[C@@H](CC(=O)O[C@H]3c3ccoc3)[C@]13O[C@H]23. The molecule has 10 atom stereocenters. The number of epoxide rings is 1. The Kier molecular flexibility index (Phi) is 6.12. The fraction of sp³-hybridized carbons (Fsp3) is 0.606. The number of hydrogen-bond donors (Lipinski definition) is 1. The van der Waals surface area contributed by atoms with Crippen molar-refractivity contribution in [2.24, 2.45) is 34.0 Å². The predicted octanol–water partition coefficient (Wildman–Crippen LogP) is 3.60. The molecule has 1 N–H and O–H groups in total. The highest BCUT2D eigenvalue weighted by atomic mass is 16.6. The number of Topliss-reactive ketones (excluding diaryl/α,β-unsaturated/α-hetero) is 1. The van der Waals surface area contributed by atoms with Gasteiger partial charge in [0.25, 0.3) is 0 Å². The van der Waals surface area contributed by atoms with Gasteiger partial charge in [0.1, 0.15) is 23.9 Å². The van der Waals surface area contributed by atoms with Crippen LogP contribution in [0.2, 0.25) is 0 Å². The highest BCUT2D eigenvalue weighted by Crippen LogP contribution is 2.78. The number of ketones is 1. The number of pyridine rings is 1. The number of cyclic esters (lactones) is 1. The van der Waals surface area contributed by atoms with Crippen LogP contribution in [0, 0.1) is 34.0 Å². The van der Waals surface area contributed by atoms with Gasteiger partial charge < -0.3 is 28.5 Å². The van der Waals surface area contributed by atoms with Crippen LogP contribution in [0.5, 0.6) is 0 Å². The minimum absolute atomic E-state index is 0.0312. The molecule has 0 radical (unpaired) electrons. The van der Waals surface area contributed by atoms with E-state index in [0.29, 0.717) is 12.8 Å². The van der Waals surface area contributed by atoms with Crippen molar-refractivity contribution in [3.8, 4) is 0 Å². The van der Waals surface area contributed by atoms with Gasteiger partial charge in [-0.2, -0.15) is 0 Å². The third kappa shape index (κ3) is 3.48. The molecule has 2 saturated heterocycles. The lowest BCUT2D eigenvalue weighted by molar-refractivity contribution is -0.245. The van der Waals surface area contributed by atoms with Gasteiger partial charge in [0.05, 0.1) is 31.6 Å². The van der Waals surface area contributed by atoms with Crippen molar-refractivity contribution in [2.45, 2.75) is 82.9 Å². The molecule has 11 nitrogen and oxygen atoms in total. The standard InChI is InChI=1S/C33H37NO10/c1-29(2)20(13-22(35)40-5)31(4)19-8-10-30(3)21(14-23(36)42-24(30)18-9-12-41-16-18)33(19)28(44-33)32(39,26(31)38)27(29)43-25(37)17-7-6-11-34-15-17/h6-7,9,11-12,15-16,19-21,24,27-28,39H,8,10,13-14H2,1-5H3/t19-,20+,21-,24+,27+,28-,30-,31-,32+,33-/m1/s1. The molecule has 44 heavy (non-hydrogen) atoms. The molecule has 7 rings (SSSR count). The number of nitrogens with zero attached hydrogens (tertiary/aromatic N) is 1. The number of furan rings is 1. The third-order valence-corrected chi connectivity index (χ3v) is 12.0. The summed E-state index contributed by atoms with van der Waals surface area (Å²) in [5, 5.41) is 12.8. The number of hydrogen-bond acceptors (Lipinski definition) is 11. The summed E-state index contributed by atoms with van der Waals surface area (Å²) in [6.07, 6.45) is 3.97. The molecule has 2 aromatic rings. The maximum atomic E-state index is 14.8. The van der Waals surface area contributed by atoms with E-state index in [9.17, 15) is 24.3 Å². The van der Waals surface area contributed by atoms with E-state index in [1.54, 1.807) is 25.3 Å². The fourth-order valence-electron chi connectivity index (χ4n) is 10.1. The number of ether oxygens (including phenoxy) is 4. The smallest absolute Gasteiger partial charge is 0.340 e. The van der Waals surface area contributed by atoms with E-state index < -0.39 is 87.2 Å². The summed E-state index contributed by atoms with van der Waals surface area (Å²) < 4.78 is 29.1. The fourth-order valence-corrected chi connectivity index (χ4v) is 10.1. The Morgan fingerprint density at radius 2 is 1.91 bits per heavy atom. The molecule has 0 amide bonds. The van der Waals surface area contributed by atoms with E-state index in [1.807, 2.05) is 13.8 Å². The van der Waals surface area contributed by atoms with Crippen molar-refractivity contribution in [3.05, 3.63) is 54.2 Å². The van der Waals surface area contributed by atoms with Gasteiger partial charge in [-0.05, 0) is 37.0 Å². The number of fused-ring (bicyclic) bond motifs is 5. The number of esters is 3. The normalized spacial score (nSPS) is 43.0. The van der Waals surface area contributed by atoms with E-state index in [-0.39, 0.29) is 18.4 Å². The Bertz CT molecular complexity index is 1540. The Morgan fingerprint density at radius 3 is 2.57 bits per heavy atom. The zero-order chi connectivity index (χ0) is 31.4. The lowest BCUT2D eigenvalue weighted by Gasteiger charge is -2.66. The van der Waals surface area contributed by atoms with Crippen LogP contribution in [0.15, 0.2) is 47.5 Å². The summed E-state index contributed by atoms with van der Waals surface area (Å²) in [5.41, 5.74) is -5.43. The lowest BCUT2D eigenvalue weighted by Crippen LogP contribution is -2.80. The quantitative estimate of drug-likeness (QED) is 0.301. The van der Waals surface area contributed by atoms with E-state index in [2.05, 4.69) is 11.9 Å². The van der Waals surface area contributed by atoms with Crippen LogP contribution in [-0.4, -0.2) is 64.3 Å². The summed E-state index contributed by atoms with van der Waals surface area (Å²) in [5.74, 6) is -3.76. The molecule has 3 aliphatic carbocycles. The number of carbonyl (C=O) groups is 4. The number of carbonyl (C=O) groups excluding carboxylic acids is 4. The van der Waals surface area contributed by atoms with Gasteiger partial charge in [-0.15, -0.1) is 0 Å². The molecule has 4 heterocycles. The lowest BCUT2D eigenvalue weighted by atomic mass is 9.36. The van der Waals surface area contributed by atoms with Crippen molar-refractivity contribution in [1.29, 1.82) is 0 Å². The first-order valence-electron chi connectivity index (χ1n) is 15.1. The Labute approximate surface area is 254 Å². The number of rotatable bonds is 5. The minimum Gasteiger partial charge on any atom is -0.472 e. The van der Waals surface area contributed by atoms with E-state index in [4.69, 9.17) is 23.4 Å². The van der Waals surface area contributed by atoms with Crippen molar-refractivity contribution in [3.63, 3.8) is 0 Å². The van der Waals surface area contributed by atoms with E-state index in [1.165, 1.54) is 31.8 Å². The summed E-state index contributed by atoms with van der Waals surface area (Å²) in [7, 11) is 1.29. The predicted molar refractivity (Wildman–Crippen MR) is 149 cm³/mol. The Morgan fingerprint density at radius 1 is 1.14 bits per heavy atom. The second kappa shape index (κ2) is 9.23. The van der Waals surface area contributed by atoms with Gasteiger partial charge in [-0.3, -0.25) is 19.4 Å². The zero-order valence-corrected chi connectivity index (χ0v) is 25.4. The van der Waals surface area contributed by atoms with Crippen LogP contribution in [0.3, 0.4) is 0 Å². The molecule has 2 bridgehead atoms. The maximum Gasteiger partial charge on any atom is 0.340 e. The zero-order valence-electron chi connectivity index (χ0n) is 25.4. The van der Waals surface area contributed by atoms with Crippen LogP contribution in [-0.2, 0) is 33.3 Å². The number of methoxy groups -OCH3 is 1. The Balaban J connectivity index is 1.38. The van der Waals surface area contributed by atoms with Gasteiger partial charge in [-0.1, -0.05) is 27.7 Å². The monoisotopic (exact) mass is 607 g/mol. The average Bonchev–Trinajstić information content (AvgIpc) is 3.49. The molecule has 5 fully saturated rings. The average molecular weight is 608 g/mol. The van der Waals surface area contributed by atoms with E-state index >= 15 is 0 Å². The molecule has 5 aliphatic rings. The summed E-state index contributed by atoms with van der Waals surface area (Å²) in [4.78, 5) is 58.4. The highest BCUT2D eigenvalue weighted by molar-refractivity contribution is 5.99. The largest absolute Gasteiger partial charge is 0.472 e. The minimum atomic E-state index is -2.25. The van der Waals surface area contributed by atoms with Gasteiger partial charge >= 0.3 is 17.9 Å². The van der Waals surface area contributed by atoms with Crippen LogP contribution < -0.4 is 0 Å². The van der Waals surface area contributed by atoms with Gasteiger partial charge in [0.15, 0.2) is 11.4 Å². The number of aromatic nitrogens is 1. The molecule has 1 spiro atoms. The molecule has 11 heteroatoms. The Hall–Kier alpha value is -3.57. The van der Waals surface area contributed by atoms with Crippen molar-refractivity contribution in [1.82, 2.24) is 4.98 Å². The first-order chi connectivity index (χ1) is 20.8.